The number of hydrogen-bond acceptors (Lipinski definition) is 7. The van der Waals surface area contributed by atoms with Gasteiger partial charge in [0.15, 0.2) is 0 Å². The number of rotatable bonds is 4. The van der Waals surface area contributed by atoms with Crippen LogP contribution in [-0.2, 0) is 11.4 Å². The molecule has 10 nitrogen and oxygen atoms in total. The van der Waals surface area contributed by atoms with E-state index in [9.17, 15) is 0 Å². The van der Waals surface area contributed by atoms with E-state index in [1.165, 1.54) is 6.33 Å². The molecule has 0 saturated carbocycles. The van der Waals surface area contributed by atoms with E-state index in [4.69, 9.17) is 48.1 Å². The lowest BCUT2D eigenvalue weighted by atomic mass is 9.95. The highest BCUT2D eigenvalue weighted by atomic mass is 35.5. The van der Waals surface area contributed by atoms with Crippen LogP contribution in [-0.4, -0.2) is 36.9 Å². The Kier molecular flexibility index (Phi) is 7.27. The first-order valence-corrected chi connectivity index (χ1v) is 9.69. The predicted molar refractivity (Wildman–Crippen MR) is 112 cm³/mol. The van der Waals surface area contributed by atoms with Gasteiger partial charge >= 0.3 is 0 Å². The smallest absolute Gasteiger partial charge is 0.291 e. The highest BCUT2D eigenvalue weighted by molar-refractivity contribution is 6.35. The van der Waals surface area contributed by atoms with Crippen molar-refractivity contribution in [1.82, 2.24) is 14.8 Å². The second-order valence-corrected chi connectivity index (χ2v) is 7.21. The van der Waals surface area contributed by atoms with E-state index < -0.39 is 5.09 Å². The Morgan fingerprint density at radius 1 is 1.32 bits per heavy atom. The van der Waals surface area contributed by atoms with Crippen LogP contribution in [0.2, 0.25) is 10.0 Å². The molecule has 1 aromatic heterocycles. The molecule has 0 aliphatic carbocycles. The molecule has 31 heavy (non-hydrogen) atoms. The molecule has 0 spiro atoms. The first kappa shape index (κ1) is 22.3. The number of hydrogen-bond donors (Lipinski definition) is 1. The van der Waals surface area contributed by atoms with Crippen LogP contribution in [0.25, 0.3) is 0 Å². The maximum atomic E-state index is 8.36. The average Bonchev–Trinajstić information content (AvgIpc) is 3.23. The van der Waals surface area contributed by atoms with Crippen LogP contribution in [0.15, 0.2) is 60.3 Å². The van der Waals surface area contributed by atoms with Gasteiger partial charge in [-0.25, -0.2) is 9.67 Å². The number of aromatic nitrogens is 3. The molecule has 2 aromatic carbocycles. The Labute approximate surface area is 186 Å². The van der Waals surface area contributed by atoms with Gasteiger partial charge in [-0.05, 0) is 31.2 Å². The minimum absolute atomic E-state index is 0.192. The molecular weight excluding hydrogens is 449 g/mol. The fraction of sp³-hybridized carbons (Fsp3) is 0.211. The van der Waals surface area contributed by atoms with Gasteiger partial charge in [-0.1, -0.05) is 46.6 Å². The monoisotopic (exact) mass is 465 g/mol. The van der Waals surface area contributed by atoms with E-state index >= 15 is 0 Å². The molecule has 2 heterocycles. The third-order valence-electron chi connectivity index (χ3n) is 4.32. The largest absolute Gasteiger partial charge is 0.487 e. The van der Waals surface area contributed by atoms with E-state index in [1.807, 2.05) is 37.3 Å². The van der Waals surface area contributed by atoms with E-state index in [2.05, 4.69) is 15.2 Å². The van der Waals surface area contributed by atoms with Crippen molar-refractivity contribution in [2.75, 3.05) is 0 Å². The predicted octanol–water partition coefficient (Wildman–Crippen LogP) is 4.18. The van der Waals surface area contributed by atoms with Crippen LogP contribution in [0.4, 0.5) is 0 Å². The Morgan fingerprint density at radius 2 is 2.06 bits per heavy atom. The zero-order valence-electron chi connectivity index (χ0n) is 16.1. The topological polar surface area (TPSA) is 125 Å². The van der Waals surface area contributed by atoms with Crippen LogP contribution < -0.4 is 4.74 Å². The minimum Gasteiger partial charge on any atom is -0.487 e. The number of oxime groups is 1. The Hall–Kier alpha value is -3.37. The van der Waals surface area contributed by atoms with Gasteiger partial charge in [-0.3, -0.25) is 0 Å². The molecule has 0 bridgehead atoms. The lowest BCUT2D eigenvalue weighted by Gasteiger charge is -2.32. The van der Waals surface area contributed by atoms with Crippen molar-refractivity contribution in [2.24, 2.45) is 5.16 Å². The van der Waals surface area contributed by atoms with Crippen molar-refractivity contribution in [3.63, 3.8) is 0 Å². The maximum Gasteiger partial charge on any atom is 0.291 e. The number of halogens is 2. The molecule has 1 aliphatic heterocycles. The fourth-order valence-corrected chi connectivity index (χ4v) is 3.51. The SMILES string of the molecule is C[C@@H]1Oc2ccccc2/C(=N\OCc2ccc(Cl)cc2Cl)[C@H]1n1cncn1.O=[N+]([O-])O. The molecule has 0 fully saturated rings. The van der Waals surface area contributed by atoms with Gasteiger partial charge in [0, 0.05) is 21.2 Å². The standard InChI is InChI=1S/C19H16Cl2N4O2.HNO3/c1-12-19(25-11-22-10-23-25)18(15-4-2-3-5-17(15)27-12)24-26-9-13-6-7-14(20)8-16(13)21;2-1(3)4/h2-8,10-12,19H,9H2,1H3;(H,2,3,4)/b24-18+;/t12-,19-;/m0./s1. The van der Waals surface area contributed by atoms with Crippen LogP contribution >= 0.6 is 23.2 Å². The summed E-state index contributed by atoms with van der Waals surface area (Å²) in [6.45, 7) is 2.19. The highest BCUT2D eigenvalue weighted by Crippen LogP contribution is 2.33. The Morgan fingerprint density at radius 3 is 2.74 bits per heavy atom. The lowest BCUT2D eigenvalue weighted by molar-refractivity contribution is -0.742. The van der Waals surface area contributed by atoms with E-state index in [1.54, 1.807) is 23.1 Å². The second-order valence-electron chi connectivity index (χ2n) is 6.36. The zero-order valence-corrected chi connectivity index (χ0v) is 17.6. The summed E-state index contributed by atoms with van der Waals surface area (Å²) in [5, 5.41) is 23.4. The number of para-hydroxylation sites is 1. The summed E-state index contributed by atoms with van der Waals surface area (Å²) < 4.78 is 7.75. The highest BCUT2D eigenvalue weighted by Gasteiger charge is 2.35. The molecular formula is C19H17Cl2N5O5. The first-order valence-electron chi connectivity index (χ1n) is 8.94. The van der Waals surface area contributed by atoms with Crippen molar-refractivity contribution in [1.29, 1.82) is 0 Å². The molecule has 162 valence electrons. The van der Waals surface area contributed by atoms with Crippen molar-refractivity contribution >= 4 is 28.9 Å². The summed E-state index contributed by atoms with van der Waals surface area (Å²) in [7, 11) is 0. The molecule has 1 aliphatic rings. The quantitative estimate of drug-likeness (QED) is 0.452. The summed E-state index contributed by atoms with van der Waals surface area (Å²) in [4.78, 5) is 18.1. The van der Waals surface area contributed by atoms with Gasteiger partial charge in [0.1, 0.15) is 42.9 Å². The van der Waals surface area contributed by atoms with Crippen molar-refractivity contribution in [3.05, 3.63) is 86.4 Å². The average molecular weight is 466 g/mol. The Balaban J connectivity index is 0.000000628. The van der Waals surface area contributed by atoms with E-state index in [-0.39, 0.29) is 18.8 Å². The molecule has 4 rings (SSSR count). The zero-order chi connectivity index (χ0) is 22.4. The maximum absolute atomic E-state index is 8.36. The normalized spacial score (nSPS) is 18.4. The van der Waals surface area contributed by atoms with Crippen LogP contribution in [0.3, 0.4) is 0 Å². The summed E-state index contributed by atoms with van der Waals surface area (Å²) in [5.74, 6) is 0.758. The summed E-state index contributed by atoms with van der Waals surface area (Å²) in [6.07, 6.45) is 2.94. The van der Waals surface area contributed by atoms with Crippen LogP contribution in [0, 0.1) is 10.1 Å². The fourth-order valence-electron chi connectivity index (χ4n) is 3.04. The second kappa shape index (κ2) is 10.1. The molecule has 12 heteroatoms. The molecule has 0 unspecified atom stereocenters. The number of ether oxygens (including phenoxy) is 1. The Bertz CT molecular complexity index is 1070. The van der Waals surface area contributed by atoms with Gasteiger partial charge in [0.25, 0.3) is 5.09 Å². The molecule has 1 N–H and O–H groups in total. The van der Waals surface area contributed by atoms with Crippen LogP contribution in [0.5, 0.6) is 5.75 Å². The lowest BCUT2D eigenvalue weighted by Crippen LogP contribution is -2.38. The summed E-state index contributed by atoms with van der Waals surface area (Å²) in [6, 6.07) is 12.7. The van der Waals surface area contributed by atoms with Gasteiger partial charge in [-0.2, -0.15) is 5.10 Å². The molecule has 2 atom stereocenters. The van der Waals surface area contributed by atoms with Crippen molar-refractivity contribution in [3.8, 4) is 5.75 Å². The van der Waals surface area contributed by atoms with Gasteiger partial charge in [-0.15, -0.1) is 10.1 Å². The number of benzene rings is 2. The van der Waals surface area contributed by atoms with E-state index in [0.717, 1.165) is 22.6 Å². The third-order valence-corrected chi connectivity index (χ3v) is 4.91. The minimum atomic E-state index is -1.50. The van der Waals surface area contributed by atoms with E-state index in [0.29, 0.717) is 10.0 Å². The third kappa shape index (κ3) is 5.62. The van der Waals surface area contributed by atoms with Crippen molar-refractivity contribution < 1.29 is 19.9 Å². The van der Waals surface area contributed by atoms with Gasteiger partial charge in [0.2, 0.25) is 0 Å². The summed E-state index contributed by atoms with van der Waals surface area (Å²) in [5.41, 5.74) is 2.38. The number of nitrogens with zero attached hydrogens (tertiary/aromatic N) is 5. The molecule has 0 radical (unpaired) electrons. The van der Waals surface area contributed by atoms with Crippen LogP contribution in [0.1, 0.15) is 24.1 Å². The summed E-state index contributed by atoms with van der Waals surface area (Å²) >= 11 is 12.1. The first-order chi connectivity index (χ1) is 14.9. The molecule has 0 amide bonds. The molecule has 0 saturated heterocycles. The van der Waals surface area contributed by atoms with Gasteiger partial charge < -0.3 is 14.8 Å². The number of fused-ring (bicyclic) bond motifs is 1. The van der Waals surface area contributed by atoms with Gasteiger partial charge in [0.05, 0.1) is 0 Å². The molecule has 3 aromatic rings. The van der Waals surface area contributed by atoms with Crippen molar-refractivity contribution in [2.45, 2.75) is 25.7 Å².